The van der Waals surface area contributed by atoms with Gasteiger partial charge in [-0.15, -0.1) is 26.3 Å². The Morgan fingerprint density at radius 3 is 1.36 bits per heavy atom. The van der Waals surface area contributed by atoms with Crippen molar-refractivity contribution in [3.63, 3.8) is 0 Å². The van der Waals surface area contributed by atoms with Crippen LogP contribution < -0.4 is 24.0 Å². The number of esters is 2. The van der Waals surface area contributed by atoms with E-state index in [0.717, 1.165) is 5.06 Å². The molecule has 13 nitrogen and oxygen atoms in total. The standard InChI is InChI=1S/C9H16O3.C7H13NO3.C6H11BrO2.C5H8O3.C3H6O.HI/c1-5-6-11-7-8(10)12-9(2,3)4;1-4-5-11-6-7(9)8(2)10-3;1-6(2,3)9-5(8)4-7;1-2-3-8-4-5(6)7;1-2-3-4;/h5H,1,6-7H2,2-4H3;4H,1,5-6H2,2-3H3;4H2,1-3H3;2H,1,3-4H2,(H,6,7);2,4H,1,3H2;1H/p-1. The molecule has 0 saturated heterocycles. The lowest BCUT2D eigenvalue weighted by atomic mass is 10.2. The van der Waals surface area contributed by atoms with Crippen molar-refractivity contribution in [2.24, 2.45) is 0 Å². The molecular formula is C30H54BrINO12-. The van der Waals surface area contributed by atoms with Gasteiger partial charge in [-0.1, -0.05) is 40.2 Å². The summed E-state index contributed by atoms with van der Waals surface area (Å²) in [6.45, 7) is 25.3. The summed E-state index contributed by atoms with van der Waals surface area (Å²) in [7, 11) is 2.95. The number of aliphatic hydroxyl groups excluding tert-OH is 1. The predicted octanol–water partition coefficient (Wildman–Crippen LogP) is 0.905. The maximum atomic E-state index is 11.0. The van der Waals surface area contributed by atoms with Crippen LogP contribution in [0.2, 0.25) is 0 Å². The first-order valence-electron chi connectivity index (χ1n) is 13.1. The summed E-state index contributed by atoms with van der Waals surface area (Å²) in [6, 6.07) is 0. The molecule has 0 aromatic carbocycles. The number of ether oxygens (including phenoxy) is 5. The second kappa shape index (κ2) is 38.0. The Kier molecular flexibility index (Phi) is 46.7. The number of alkyl halides is 1. The van der Waals surface area contributed by atoms with E-state index in [1.165, 1.54) is 26.3 Å². The van der Waals surface area contributed by atoms with E-state index in [0.29, 0.717) is 19.8 Å². The number of carbonyl (C=O) groups is 4. The third-order valence-electron chi connectivity index (χ3n) is 3.08. The molecule has 266 valence electrons. The minimum atomic E-state index is -0.952. The third kappa shape index (κ3) is 65.5. The molecule has 0 unspecified atom stereocenters. The largest absolute Gasteiger partial charge is 1.00 e. The van der Waals surface area contributed by atoms with Crippen LogP contribution in [-0.4, -0.2) is 116 Å². The highest BCUT2D eigenvalue weighted by atomic mass is 127. The van der Waals surface area contributed by atoms with E-state index < -0.39 is 11.6 Å². The van der Waals surface area contributed by atoms with E-state index >= 15 is 0 Å². The van der Waals surface area contributed by atoms with Crippen molar-refractivity contribution in [1.82, 2.24) is 5.06 Å². The molecule has 0 aromatic rings. The van der Waals surface area contributed by atoms with Crippen molar-refractivity contribution in [3.8, 4) is 0 Å². The number of likely N-dealkylation sites (N-methyl/N-ethyl adjacent to an activating group) is 1. The zero-order valence-corrected chi connectivity index (χ0v) is 31.7. The van der Waals surface area contributed by atoms with Crippen LogP contribution >= 0.6 is 15.9 Å². The van der Waals surface area contributed by atoms with E-state index in [4.69, 9.17) is 29.2 Å². The molecule has 0 heterocycles. The van der Waals surface area contributed by atoms with E-state index in [-0.39, 0.29) is 79.2 Å². The first-order valence-corrected chi connectivity index (χ1v) is 14.2. The number of aliphatic carboxylic acids is 1. The molecule has 0 aliphatic carbocycles. The Labute approximate surface area is 294 Å². The first-order chi connectivity index (χ1) is 20.3. The second-order valence-electron chi connectivity index (χ2n) is 9.66. The average Bonchev–Trinajstić information content (AvgIpc) is 2.92. The van der Waals surface area contributed by atoms with E-state index in [2.05, 4.69) is 51.8 Å². The molecule has 0 fully saturated rings. The Morgan fingerprint density at radius 1 is 0.733 bits per heavy atom. The molecule has 0 radical (unpaired) electrons. The third-order valence-corrected chi connectivity index (χ3v) is 3.54. The lowest BCUT2D eigenvalue weighted by Crippen LogP contribution is -3.00. The molecule has 45 heavy (non-hydrogen) atoms. The number of carboxylic acids is 1. The number of hydroxylamine groups is 2. The number of halogens is 2. The molecule has 0 rings (SSSR count). The van der Waals surface area contributed by atoms with Crippen molar-refractivity contribution in [2.75, 3.05) is 65.7 Å². The van der Waals surface area contributed by atoms with E-state index in [1.54, 1.807) is 12.2 Å². The van der Waals surface area contributed by atoms with Crippen molar-refractivity contribution in [3.05, 3.63) is 50.6 Å². The summed E-state index contributed by atoms with van der Waals surface area (Å²) in [6.07, 6.45) is 6.10. The van der Waals surface area contributed by atoms with Gasteiger partial charge in [0, 0.05) is 7.05 Å². The van der Waals surface area contributed by atoms with Gasteiger partial charge in [-0.2, -0.15) is 0 Å². The Bertz CT molecular complexity index is 797. The fourth-order valence-electron chi connectivity index (χ4n) is 1.62. The summed E-state index contributed by atoms with van der Waals surface area (Å²) in [5, 5.41) is 17.1. The second-order valence-corrected chi connectivity index (χ2v) is 10.2. The number of rotatable bonds is 15. The molecule has 0 aromatic heterocycles. The van der Waals surface area contributed by atoms with Crippen LogP contribution in [0.15, 0.2) is 50.6 Å². The molecule has 0 aliphatic heterocycles. The van der Waals surface area contributed by atoms with Crippen molar-refractivity contribution >= 4 is 39.7 Å². The monoisotopic (exact) mass is 826 g/mol. The average molecular weight is 828 g/mol. The summed E-state index contributed by atoms with van der Waals surface area (Å²) < 4.78 is 24.2. The number of hydrogen-bond donors (Lipinski definition) is 2. The predicted molar refractivity (Wildman–Crippen MR) is 173 cm³/mol. The molecule has 0 spiro atoms. The topological polar surface area (TPSA) is 167 Å². The van der Waals surface area contributed by atoms with Crippen molar-refractivity contribution in [1.29, 1.82) is 0 Å². The number of hydrogen-bond acceptors (Lipinski definition) is 11. The number of carbonyl (C=O) groups excluding carboxylic acids is 3. The van der Waals surface area contributed by atoms with Gasteiger partial charge in [0.15, 0.2) is 0 Å². The molecule has 0 atom stereocenters. The first kappa shape index (κ1) is 55.3. The SMILES string of the molecule is C=CCO.C=CCOCC(=O)N(C)OC.C=CCOCC(=O)O.C=CCOCC(=O)OC(C)(C)C.CC(C)(C)OC(=O)CBr.[I-]. The summed E-state index contributed by atoms with van der Waals surface area (Å²) in [5.74, 6) is -1.73. The van der Waals surface area contributed by atoms with E-state index in [1.807, 2.05) is 41.5 Å². The summed E-state index contributed by atoms with van der Waals surface area (Å²) >= 11 is 2.99. The molecular weight excluding hydrogens is 773 g/mol. The van der Waals surface area contributed by atoms with Gasteiger partial charge in [-0.25, -0.2) is 14.7 Å². The number of nitrogens with zero attached hydrogens (tertiary/aromatic N) is 1. The van der Waals surface area contributed by atoms with Gasteiger partial charge in [-0.05, 0) is 41.5 Å². The maximum Gasteiger partial charge on any atom is 0.332 e. The van der Waals surface area contributed by atoms with Gasteiger partial charge < -0.3 is 57.9 Å². The highest BCUT2D eigenvalue weighted by Gasteiger charge is 2.16. The Hall–Kier alpha value is -2.15. The van der Waals surface area contributed by atoms with Crippen LogP contribution in [0.4, 0.5) is 0 Å². The van der Waals surface area contributed by atoms with Crippen molar-refractivity contribution in [2.45, 2.75) is 52.7 Å². The molecule has 0 aliphatic rings. The van der Waals surface area contributed by atoms with Gasteiger partial charge in [0.1, 0.15) is 36.4 Å². The fourth-order valence-corrected chi connectivity index (χ4v) is 1.73. The van der Waals surface area contributed by atoms with Gasteiger partial charge in [0.25, 0.3) is 5.91 Å². The fraction of sp³-hybridized carbons (Fsp3) is 0.600. The van der Waals surface area contributed by atoms with Crippen LogP contribution in [0.25, 0.3) is 0 Å². The lowest BCUT2D eigenvalue weighted by molar-refractivity contribution is -0.173. The van der Waals surface area contributed by atoms with Crippen LogP contribution in [0.1, 0.15) is 41.5 Å². The van der Waals surface area contributed by atoms with Crippen molar-refractivity contribution < 1.29 is 81.9 Å². The smallest absolute Gasteiger partial charge is 0.332 e. The number of aliphatic hydroxyl groups is 1. The van der Waals surface area contributed by atoms with Crippen LogP contribution in [0.5, 0.6) is 0 Å². The normalized spacial score (nSPS) is 9.47. The molecule has 15 heteroatoms. The number of carboxylic acid groups (broad SMARTS) is 1. The number of amides is 1. The summed E-state index contributed by atoms with van der Waals surface area (Å²) in [5.41, 5.74) is -0.792. The van der Waals surface area contributed by atoms with Gasteiger partial charge in [0.05, 0.1) is 33.5 Å². The summed E-state index contributed by atoms with van der Waals surface area (Å²) in [4.78, 5) is 46.7. The van der Waals surface area contributed by atoms with Gasteiger partial charge >= 0.3 is 17.9 Å². The lowest BCUT2D eigenvalue weighted by Gasteiger charge is -2.19. The minimum absolute atomic E-state index is 0. The van der Waals surface area contributed by atoms with Gasteiger partial charge in [-0.3, -0.25) is 14.4 Å². The minimum Gasteiger partial charge on any atom is -1.00 e. The maximum absolute atomic E-state index is 11.0. The zero-order valence-electron chi connectivity index (χ0n) is 28.0. The molecule has 1 amide bonds. The van der Waals surface area contributed by atoms with Crippen LogP contribution in [-0.2, 0) is 47.7 Å². The van der Waals surface area contributed by atoms with Crippen LogP contribution in [0.3, 0.4) is 0 Å². The van der Waals surface area contributed by atoms with E-state index in [9.17, 15) is 19.2 Å². The molecule has 0 saturated carbocycles. The zero-order chi connectivity index (χ0) is 35.6. The Morgan fingerprint density at radius 2 is 1.09 bits per heavy atom. The Balaban J connectivity index is -0.000000108. The quantitative estimate of drug-likeness (QED) is 0.0600. The molecule has 2 N–H and O–H groups in total. The highest BCUT2D eigenvalue weighted by molar-refractivity contribution is 9.09. The van der Waals surface area contributed by atoms with Crippen LogP contribution in [0, 0.1) is 0 Å². The highest BCUT2D eigenvalue weighted by Crippen LogP contribution is 2.07. The van der Waals surface area contributed by atoms with Gasteiger partial charge in [0.2, 0.25) is 0 Å². The molecule has 0 bridgehead atoms.